The molecule has 1 saturated heterocycles. The Morgan fingerprint density at radius 3 is 2.85 bits per heavy atom. The lowest BCUT2D eigenvalue weighted by molar-refractivity contribution is -0.118. The second-order valence-electron chi connectivity index (χ2n) is 9.04. The Morgan fingerprint density at radius 1 is 1.24 bits per heavy atom. The summed E-state index contributed by atoms with van der Waals surface area (Å²) < 4.78 is 1.61. The highest BCUT2D eigenvalue weighted by atomic mass is 35.5. The Labute approximate surface area is 200 Å². The molecule has 2 aromatic rings. The van der Waals surface area contributed by atoms with E-state index in [0.29, 0.717) is 6.54 Å². The van der Waals surface area contributed by atoms with Crippen LogP contribution in [0.4, 0.5) is 0 Å². The minimum Gasteiger partial charge on any atom is -0.356 e. The van der Waals surface area contributed by atoms with E-state index >= 15 is 0 Å². The number of aryl methyl sites for hydroxylation is 1. The Balaban J connectivity index is 1.62. The van der Waals surface area contributed by atoms with Crippen LogP contribution in [0.15, 0.2) is 59.0 Å². The molecule has 2 heterocycles. The van der Waals surface area contributed by atoms with Gasteiger partial charge >= 0.3 is 0 Å². The van der Waals surface area contributed by atoms with Crippen molar-refractivity contribution in [3.05, 3.63) is 86.3 Å². The minimum atomic E-state index is 0.00261. The van der Waals surface area contributed by atoms with Crippen LogP contribution in [0.2, 0.25) is 5.02 Å². The van der Waals surface area contributed by atoms with Crippen LogP contribution in [0.1, 0.15) is 61.1 Å². The van der Waals surface area contributed by atoms with Gasteiger partial charge in [0.15, 0.2) is 0 Å². The number of rotatable bonds is 6. The molecule has 4 rings (SSSR count). The smallest absolute Gasteiger partial charge is 0.250 e. The summed E-state index contributed by atoms with van der Waals surface area (Å²) in [5.74, 6) is 0.468. The normalized spacial score (nSPS) is 20.7. The summed E-state index contributed by atoms with van der Waals surface area (Å²) >= 11 is 6.89. The van der Waals surface area contributed by atoms with Crippen LogP contribution < -0.4 is 16.2 Å². The van der Waals surface area contributed by atoms with Gasteiger partial charge in [-0.25, -0.2) is 0 Å². The van der Waals surface area contributed by atoms with Crippen molar-refractivity contribution in [3.63, 3.8) is 0 Å². The van der Waals surface area contributed by atoms with E-state index in [1.54, 1.807) is 24.6 Å². The first-order chi connectivity index (χ1) is 15.9. The van der Waals surface area contributed by atoms with Crippen LogP contribution in [-0.4, -0.2) is 30.1 Å². The highest BCUT2D eigenvalue weighted by molar-refractivity contribution is 6.31. The van der Waals surface area contributed by atoms with E-state index in [-0.39, 0.29) is 23.3 Å². The van der Waals surface area contributed by atoms with Crippen LogP contribution in [0.5, 0.6) is 0 Å². The number of allylic oxidation sites excluding steroid dienone is 3. The quantitative estimate of drug-likeness (QED) is 0.658. The maximum Gasteiger partial charge on any atom is 0.250 e. The molecule has 2 aliphatic rings. The number of hydrogen-bond donors (Lipinski definition) is 2. The van der Waals surface area contributed by atoms with Gasteiger partial charge in [0, 0.05) is 50.3 Å². The largest absolute Gasteiger partial charge is 0.356 e. The standard InChI is InChI=1S/C27H32ClN3O2/c1-18(32)30-13-9-19-5-3-4-6-22(19)20-7-8-24(26(28)15-20)25-17-29-12-10-23(25)21-11-14-31(2)27(33)16-21/h4,6-8,11,14-16,23,25,29H,3,5,9-10,12-13,17H2,1-2H3,(H,30,32). The van der Waals surface area contributed by atoms with E-state index in [1.807, 2.05) is 6.20 Å². The molecule has 0 spiro atoms. The number of halogens is 1. The number of nitrogens with zero attached hydrogens (tertiary/aromatic N) is 1. The lowest BCUT2D eigenvalue weighted by Gasteiger charge is -2.33. The molecule has 1 aliphatic carbocycles. The first kappa shape index (κ1) is 23.5. The molecule has 1 fully saturated rings. The monoisotopic (exact) mass is 465 g/mol. The van der Waals surface area contributed by atoms with Gasteiger partial charge in [0.25, 0.3) is 5.56 Å². The Morgan fingerprint density at radius 2 is 2.09 bits per heavy atom. The van der Waals surface area contributed by atoms with E-state index in [4.69, 9.17) is 11.6 Å². The minimum absolute atomic E-state index is 0.00261. The average Bonchev–Trinajstić information content (AvgIpc) is 2.81. The number of carbonyl (C=O) groups excluding carboxylic acids is 1. The molecule has 0 radical (unpaired) electrons. The molecule has 33 heavy (non-hydrogen) atoms. The van der Waals surface area contributed by atoms with Crippen LogP contribution >= 0.6 is 11.6 Å². The van der Waals surface area contributed by atoms with E-state index in [1.165, 1.54) is 11.1 Å². The summed E-state index contributed by atoms with van der Waals surface area (Å²) in [7, 11) is 1.78. The SMILES string of the molecule is CC(=O)NCCC1=C(c2ccc(C3CNCCC3c3ccn(C)c(=O)c3)c(Cl)c2)C=CCC1. The van der Waals surface area contributed by atoms with Gasteiger partial charge in [-0.3, -0.25) is 9.59 Å². The maximum atomic E-state index is 12.2. The molecule has 2 atom stereocenters. The first-order valence-electron chi connectivity index (χ1n) is 11.7. The summed E-state index contributed by atoms with van der Waals surface area (Å²) in [4.78, 5) is 23.5. The van der Waals surface area contributed by atoms with Gasteiger partial charge in [-0.05, 0) is 72.5 Å². The highest BCUT2D eigenvalue weighted by Crippen LogP contribution is 2.41. The van der Waals surface area contributed by atoms with Crippen LogP contribution in [0.3, 0.4) is 0 Å². The molecule has 0 saturated carbocycles. The van der Waals surface area contributed by atoms with Gasteiger partial charge in [0.2, 0.25) is 5.91 Å². The van der Waals surface area contributed by atoms with Gasteiger partial charge < -0.3 is 15.2 Å². The van der Waals surface area contributed by atoms with E-state index in [0.717, 1.165) is 60.5 Å². The zero-order valence-electron chi connectivity index (χ0n) is 19.4. The van der Waals surface area contributed by atoms with Crippen LogP contribution in [-0.2, 0) is 11.8 Å². The van der Waals surface area contributed by atoms with Gasteiger partial charge in [-0.1, -0.05) is 41.5 Å². The van der Waals surface area contributed by atoms with Crippen molar-refractivity contribution in [1.82, 2.24) is 15.2 Å². The lowest BCUT2D eigenvalue weighted by atomic mass is 9.77. The first-order valence-corrected chi connectivity index (χ1v) is 12.1. The molecule has 174 valence electrons. The third kappa shape index (κ3) is 5.48. The highest BCUT2D eigenvalue weighted by Gasteiger charge is 2.29. The molecule has 0 bridgehead atoms. The molecule has 1 amide bonds. The molecule has 2 N–H and O–H groups in total. The van der Waals surface area contributed by atoms with Gasteiger partial charge in [-0.2, -0.15) is 0 Å². The van der Waals surface area contributed by atoms with Gasteiger partial charge in [0.1, 0.15) is 0 Å². The predicted octanol–water partition coefficient (Wildman–Crippen LogP) is 4.53. The molecule has 1 aromatic carbocycles. The maximum absolute atomic E-state index is 12.2. The molecular formula is C27H32ClN3O2. The molecular weight excluding hydrogens is 434 g/mol. The topological polar surface area (TPSA) is 63.1 Å². The third-order valence-corrected chi connectivity index (χ3v) is 7.16. The second kappa shape index (κ2) is 10.5. The van der Waals surface area contributed by atoms with Crippen LogP contribution in [0, 0.1) is 0 Å². The summed E-state index contributed by atoms with van der Waals surface area (Å²) in [5.41, 5.74) is 5.92. The fraction of sp³-hybridized carbons (Fsp3) is 0.407. The number of nitrogens with one attached hydrogen (secondary N) is 2. The number of hydrogen-bond acceptors (Lipinski definition) is 3. The summed E-state index contributed by atoms with van der Waals surface area (Å²) in [6, 6.07) is 10.2. The van der Waals surface area contributed by atoms with Crippen LogP contribution in [0.25, 0.3) is 5.57 Å². The third-order valence-electron chi connectivity index (χ3n) is 6.83. The van der Waals surface area contributed by atoms with Crippen molar-refractivity contribution in [2.75, 3.05) is 19.6 Å². The summed E-state index contributed by atoms with van der Waals surface area (Å²) in [6.07, 6.45) is 10.1. The number of benzene rings is 1. The number of amides is 1. The molecule has 1 aromatic heterocycles. The van der Waals surface area contributed by atoms with Crippen molar-refractivity contribution < 1.29 is 4.79 Å². The second-order valence-corrected chi connectivity index (χ2v) is 9.45. The van der Waals surface area contributed by atoms with E-state index in [9.17, 15) is 9.59 Å². The molecule has 5 nitrogen and oxygen atoms in total. The summed E-state index contributed by atoms with van der Waals surface area (Å²) in [5, 5.41) is 7.18. The van der Waals surface area contributed by atoms with Crippen molar-refractivity contribution in [2.24, 2.45) is 7.05 Å². The predicted molar refractivity (Wildman–Crippen MR) is 135 cm³/mol. The van der Waals surface area contributed by atoms with Crippen molar-refractivity contribution >= 4 is 23.1 Å². The number of pyridine rings is 1. The average molecular weight is 466 g/mol. The molecule has 1 aliphatic heterocycles. The zero-order chi connectivity index (χ0) is 23.4. The fourth-order valence-electron chi connectivity index (χ4n) is 5.03. The number of aromatic nitrogens is 1. The van der Waals surface area contributed by atoms with E-state index < -0.39 is 0 Å². The van der Waals surface area contributed by atoms with Crippen molar-refractivity contribution in [2.45, 2.75) is 44.4 Å². The summed E-state index contributed by atoms with van der Waals surface area (Å²) in [6.45, 7) is 3.97. The lowest BCUT2D eigenvalue weighted by Crippen LogP contribution is -2.34. The van der Waals surface area contributed by atoms with E-state index in [2.05, 4.69) is 47.1 Å². The Kier molecular flexibility index (Phi) is 7.51. The van der Waals surface area contributed by atoms with Crippen molar-refractivity contribution in [1.29, 1.82) is 0 Å². The zero-order valence-corrected chi connectivity index (χ0v) is 20.1. The van der Waals surface area contributed by atoms with Gasteiger partial charge in [0.05, 0.1) is 0 Å². The Hall–Kier alpha value is -2.63. The fourth-order valence-corrected chi connectivity index (χ4v) is 5.36. The molecule has 2 unspecified atom stereocenters. The Bertz CT molecular complexity index is 1150. The van der Waals surface area contributed by atoms with Gasteiger partial charge in [-0.15, -0.1) is 0 Å². The van der Waals surface area contributed by atoms with Crippen molar-refractivity contribution in [3.8, 4) is 0 Å². The number of carbonyl (C=O) groups is 1. The number of piperidine rings is 1. The molecule has 6 heteroatoms.